The molecule has 0 radical (unpaired) electrons. The predicted molar refractivity (Wildman–Crippen MR) is 151 cm³/mol. The van der Waals surface area contributed by atoms with Gasteiger partial charge < -0.3 is 10.4 Å². The van der Waals surface area contributed by atoms with Gasteiger partial charge in [0.1, 0.15) is 10.8 Å². The second-order valence-electron chi connectivity index (χ2n) is 8.63. The van der Waals surface area contributed by atoms with Crippen LogP contribution in [0.3, 0.4) is 0 Å². The molecule has 3 heterocycles. The molecule has 0 unspecified atom stereocenters. The van der Waals surface area contributed by atoms with Gasteiger partial charge in [-0.25, -0.2) is 4.98 Å². The molecule has 0 aliphatic carbocycles. The van der Waals surface area contributed by atoms with Crippen molar-refractivity contribution >= 4 is 40.3 Å². The number of phenols is 1. The number of hydrogen-bond donors (Lipinski definition) is 2. The molecular formula is C30H21N3O2S2. The van der Waals surface area contributed by atoms with Crippen molar-refractivity contribution in [3.05, 3.63) is 118 Å². The zero-order valence-corrected chi connectivity index (χ0v) is 21.4. The number of nitrogens with one attached hydrogen (secondary N) is 1. The Kier molecular flexibility index (Phi) is 6.08. The Hall–Kier alpha value is -4.20. The van der Waals surface area contributed by atoms with Crippen molar-refractivity contribution in [2.45, 2.75) is 11.8 Å². The first kappa shape index (κ1) is 23.2. The number of aromatic hydroxyl groups is 1. The van der Waals surface area contributed by atoms with Crippen molar-refractivity contribution in [2.24, 2.45) is 0 Å². The van der Waals surface area contributed by atoms with Crippen LogP contribution in [0, 0.1) is 6.92 Å². The number of carbonyl (C=O) groups excluding carboxylic acids is 1. The molecule has 0 atom stereocenters. The summed E-state index contributed by atoms with van der Waals surface area (Å²) in [6, 6.07) is 24.9. The van der Waals surface area contributed by atoms with Crippen LogP contribution in [0.5, 0.6) is 5.75 Å². The van der Waals surface area contributed by atoms with Crippen molar-refractivity contribution in [3.8, 4) is 27.6 Å². The SMILES string of the molecule is Cc1ccc(C2=C(C(=O)c3cc(-c4csc(-c5cccnc5)n4)ccc3O)Sc3ccccc3N2)cc1. The molecule has 5 nitrogen and oxygen atoms in total. The van der Waals surface area contributed by atoms with E-state index in [1.165, 1.54) is 23.1 Å². The number of carbonyl (C=O) groups is 1. The van der Waals surface area contributed by atoms with Gasteiger partial charge in [-0.1, -0.05) is 53.7 Å². The molecule has 180 valence electrons. The lowest BCUT2D eigenvalue weighted by atomic mass is 10.0. The first-order chi connectivity index (χ1) is 18.1. The number of aryl methyl sites for hydroxylation is 1. The highest BCUT2D eigenvalue weighted by Crippen LogP contribution is 2.45. The van der Waals surface area contributed by atoms with Gasteiger partial charge in [0.05, 0.1) is 27.5 Å². The zero-order valence-electron chi connectivity index (χ0n) is 19.8. The molecule has 0 amide bonds. The highest BCUT2D eigenvalue weighted by molar-refractivity contribution is 8.04. The highest BCUT2D eigenvalue weighted by Gasteiger charge is 2.27. The molecule has 0 saturated heterocycles. The lowest BCUT2D eigenvalue weighted by Gasteiger charge is -2.24. The molecule has 2 N–H and O–H groups in total. The minimum Gasteiger partial charge on any atom is -0.507 e. The Labute approximate surface area is 222 Å². The number of phenolic OH excluding ortho intramolecular Hbond substituents is 1. The average molecular weight is 520 g/mol. The van der Waals surface area contributed by atoms with Crippen molar-refractivity contribution < 1.29 is 9.90 Å². The van der Waals surface area contributed by atoms with Crippen LogP contribution in [0.1, 0.15) is 21.5 Å². The van der Waals surface area contributed by atoms with Crippen LogP contribution >= 0.6 is 23.1 Å². The Morgan fingerprint density at radius 2 is 1.73 bits per heavy atom. The van der Waals surface area contributed by atoms with Crippen molar-refractivity contribution in [3.63, 3.8) is 0 Å². The largest absolute Gasteiger partial charge is 0.507 e. The molecule has 6 rings (SSSR count). The number of thiazole rings is 1. The number of benzene rings is 3. The van der Waals surface area contributed by atoms with Gasteiger partial charge in [0.2, 0.25) is 5.78 Å². The fourth-order valence-corrected chi connectivity index (χ4v) is 6.01. The van der Waals surface area contributed by atoms with Gasteiger partial charge in [-0.2, -0.15) is 0 Å². The average Bonchev–Trinajstić information content (AvgIpc) is 3.44. The number of para-hydroxylation sites is 1. The monoisotopic (exact) mass is 519 g/mol. The first-order valence-corrected chi connectivity index (χ1v) is 13.4. The molecule has 2 aromatic heterocycles. The zero-order chi connectivity index (χ0) is 25.4. The quantitative estimate of drug-likeness (QED) is 0.232. The van der Waals surface area contributed by atoms with Crippen LogP contribution in [0.4, 0.5) is 5.69 Å². The third-order valence-corrected chi connectivity index (χ3v) is 8.14. The van der Waals surface area contributed by atoms with Crippen molar-refractivity contribution in [1.82, 2.24) is 9.97 Å². The Balaban J connectivity index is 1.41. The third-order valence-electron chi connectivity index (χ3n) is 6.08. The van der Waals surface area contributed by atoms with Crippen molar-refractivity contribution in [2.75, 3.05) is 5.32 Å². The van der Waals surface area contributed by atoms with Gasteiger partial charge in [-0.3, -0.25) is 9.78 Å². The summed E-state index contributed by atoms with van der Waals surface area (Å²) in [5.41, 5.74) is 6.40. The summed E-state index contributed by atoms with van der Waals surface area (Å²) in [6.45, 7) is 2.03. The number of allylic oxidation sites excluding steroid dienone is 1. The van der Waals surface area contributed by atoms with Crippen LogP contribution < -0.4 is 5.32 Å². The molecule has 0 spiro atoms. The fourth-order valence-electron chi connectivity index (χ4n) is 4.12. The summed E-state index contributed by atoms with van der Waals surface area (Å²) in [5, 5.41) is 17.0. The van der Waals surface area contributed by atoms with Crippen LogP contribution in [0.2, 0.25) is 0 Å². The van der Waals surface area contributed by atoms with E-state index in [4.69, 9.17) is 4.98 Å². The van der Waals surface area contributed by atoms with Gasteiger partial charge >= 0.3 is 0 Å². The summed E-state index contributed by atoms with van der Waals surface area (Å²) in [5.74, 6) is -0.309. The van der Waals surface area contributed by atoms with Crippen LogP contribution in [0.15, 0.2) is 106 Å². The Morgan fingerprint density at radius 3 is 2.54 bits per heavy atom. The topological polar surface area (TPSA) is 75.1 Å². The van der Waals surface area contributed by atoms with E-state index in [-0.39, 0.29) is 17.1 Å². The van der Waals surface area contributed by atoms with Gasteiger partial charge in [0.25, 0.3) is 0 Å². The van der Waals surface area contributed by atoms with E-state index in [1.54, 1.807) is 30.6 Å². The number of thioether (sulfide) groups is 1. The lowest BCUT2D eigenvalue weighted by Crippen LogP contribution is -2.13. The number of hydrogen-bond acceptors (Lipinski definition) is 7. The molecule has 5 aromatic rings. The molecule has 1 aliphatic rings. The summed E-state index contributed by atoms with van der Waals surface area (Å²) < 4.78 is 0. The summed E-state index contributed by atoms with van der Waals surface area (Å²) >= 11 is 2.93. The van der Waals surface area contributed by atoms with Crippen LogP contribution in [-0.2, 0) is 0 Å². The van der Waals surface area contributed by atoms with Gasteiger partial charge in [-0.15, -0.1) is 11.3 Å². The van der Waals surface area contributed by atoms with E-state index in [0.29, 0.717) is 4.91 Å². The van der Waals surface area contributed by atoms with E-state index >= 15 is 0 Å². The lowest BCUT2D eigenvalue weighted by molar-refractivity contribution is 0.104. The van der Waals surface area contributed by atoms with Crippen molar-refractivity contribution in [1.29, 1.82) is 0 Å². The van der Waals surface area contributed by atoms with E-state index in [0.717, 1.165) is 49.2 Å². The van der Waals surface area contributed by atoms with Crippen LogP contribution in [0.25, 0.3) is 27.5 Å². The van der Waals surface area contributed by atoms with Gasteiger partial charge in [0, 0.05) is 33.8 Å². The van der Waals surface area contributed by atoms with E-state index in [1.807, 2.05) is 73.0 Å². The molecular weight excluding hydrogens is 498 g/mol. The Bertz CT molecular complexity index is 1660. The molecule has 0 bridgehead atoms. The Morgan fingerprint density at radius 1 is 0.919 bits per heavy atom. The normalized spacial score (nSPS) is 12.7. The number of ketones is 1. The van der Waals surface area contributed by atoms with Crippen LogP contribution in [-0.4, -0.2) is 20.9 Å². The number of fused-ring (bicyclic) bond motifs is 1. The smallest absolute Gasteiger partial charge is 0.205 e. The minimum atomic E-state index is -0.246. The number of Topliss-reactive ketones (excluding diaryl/α,β-unsaturated/α-hetero) is 1. The number of nitrogens with zero attached hydrogens (tertiary/aromatic N) is 2. The number of rotatable bonds is 5. The fraction of sp³-hybridized carbons (Fsp3) is 0.0333. The van der Waals surface area contributed by atoms with Gasteiger partial charge in [0.15, 0.2) is 0 Å². The molecule has 0 saturated carbocycles. The summed E-state index contributed by atoms with van der Waals surface area (Å²) in [6.07, 6.45) is 3.50. The maximum Gasteiger partial charge on any atom is 0.205 e. The number of pyridine rings is 1. The number of aromatic nitrogens is 2. The molecule has 37 heavy (non-hydrogen) atoms. The second kappa shape index (κ2) is 9.69. The standard InChI is InChI=1S/C30H21N3O2S2/c1-18-8-10-19(11-9-18)27-29(37-26-7-3-2-6-23(26)32-27)28(35)22-15-20(12-13-25(22)34)24-17-36-30(33-24)21-5-4-14-31-16-21/h2-17,32,34H,1H3. The highest BCUT2D eigenvalue weighted by atomic mass is 32.2. The van der Waals surface area contributed by atoms with Gasteiger partial charge in [-0.05, 0) is 55.0 Å². The summed E-state index contributed by atoms with van der Waals surface area (Å²) in [7, 11) is 0. The second-order valence-corrected chi connectivity index (χ2v) is 10.5. The molecule has 3 aromatic carbocycles. The third kappa shape index (κ3) is 4.55. The molecule has 1 aliphatic heterocycles. The van der Waals surface area contributed by atoms with E-state index < -0.39 is 0 Å². The maximum atomic E-state index is 14.0. The molecule has 0 fully saturated rings. The first-order valence-electron chi connectivity index (χ1n) is 11.7. The summed E-state index contributed by atoms with van der Waals surface area (Å²) in [4.78, 5) is 24.4. The maximum absolute atomic E-state index is 14.0. The van der Waals surface area contributed by atoms with E-state index in [2.05, 4.69) is 10.3 Å². The predicted octanol–water partition coefficient (Wildman–Crippen LogP) is 7.66. The minimum absolute atomic E-state index is 0.0633. The molecule has 7 heteroatoms. The number of anilines is 1. The van der Waals surface area contributed by atoms with E-state index in [9.17, 15) is 9.90 Å².